The maximum atomic E-state index is 11.5. The van der Waals surface area contributed by atoms with Crippen LogP contribution in [0, 0.1) is 5.92 Å². The topological polar surface area (TPSA) is 99.8 Å². The second-order valence-electron chi connectivity index (χ2n) is 7.98. The minimum absolute atomic E-state index is 0.279. The average molecular weight is 415 g/mol. The van der Waals surface area contributed by atoms with Gasteiger partial charge in [-0.15, -0.1) is 0 Å². The number of amides is 1. The van der Waals surface area contributed by atoms with Crippen molar-refractivity contribution in [2.75, 3.05) is 51.0 Å². The van der Waals surface area contributed by atoms with Crippen LogP contribution in [0.2, 0.25) is 0 Å². The Bertz CT molecular complexity index is 848. The fourth-order valence-electron chi connectivity index (χ4n) is 4.10. The van der Waals surface area contributed by atoms with E-state index in [9.17, 15) is 4.79 Å². The summed E-state index contributed by atoms with van der Waals surface area (Å²) in [6.45, 7) is 5.49. The molecule has 0 radical (unpaired) electrons. The first-order valence-corrected chi connectivity index (χ1v) is 10.8. The van der Waals surface area contributed by atoms with Gasteiger partial charge in [0.15, 0.2) is 0 Å². The summed E-state index contributed by atoms with van der Waals surface area (Å²) in [7, 11) is 0. The standard InChI is InChI=1S/C22H30N4O4/c23-22(27)19-2-1-17-13-24-14-20(21(17)25-19)26-7-3-16(4-8-26)15-29-11-12-30-18-5-9-28-10-6-18/h1-2,13-14,16,18H,3-12,15H2,(H2,23,27). The zero-order valence-electron chi connectivity index (χ0n) is 17.3. The quantitative estimate of drug-likeness (QED) is 0.661. The minimum atomic E-state index is -0.517. The number of hydrogen-bond donors (Lipinski definition) is 1. The number of nitrogens with zero attached hydrogens (tertiary/aromatic N) is 3. The van der Waals surface area contributed by atoms with Crippen molar-refractivity contribution in [1.29, 1.82) is 0 Å². The van der Waals surface area contributed by atoms with Gasteiger partial charge in [-0.1, -0.05) is 0 Å². The third-order valence-corrected chi connectivity index (χ3v) is 5.89. The van der Waals surface area contributed by atoms with Gasteiger partial charge in [0.1, 0.15) is 5.69 Å². The summed E-state index contributed by atoms with van der Waals surface area (Å²) >= 11 is 0. The highest BCUT2D eigenvalue weighted by Gasteiger charge is 2.22. The van der Waals surface area contributed by atoms with Gasteiger partial charge in [-0.05, 0) is 43.7 Å². The van der Waals surface area contributed by atoms with Gasteiger partial charge < -0.3 is 24.8 Å². The molecule has 0 saturated carbocycles. The summed E-state index contributed by atoms with van der Waals surface area (Å²) in [5, 5.41) is 0.910. The predicted molar refractivity (Wildman–Crippen MR) is 114 cm³/mol. The molecule has 0 unspecified atom stereocenters. The lowest BCUT2D eigenvalue weighted by molar-refractivity contribution is -0.0525. The zero-order valence-corrected chi connectivity index (χ0v) is 17.3. The largest absolute Gasteiger partial charge is 0.381 e. The van der Waals surface area contributed by atoms with Gasteiger partial charge >= 0.3 is 0 Å². The molecule has 8 nitrogen and oxygen atoms in total. The van der Waals surface area contributed by atoms with Gasteiger partial charge in [0.05, 0.1) is 36.7 Å². The average Bonchev–Trinajstić information content (AvgIpc) is 2.79. The van der Waals surface area contributed by atoms with E-state index in [1.165, 1.54) is 0 Å². The number of carbonyl (C=O) groups excluding carboxylic acids is 1. The van der Waals surface area contributed by atoms with E-state index in [1.54, 1.807) is 12.3 Å². The number of nitrogens with two attached hydrogens (primary N) is 1. The maximum absolute atomic E-state index is 11.5. The van der Waals surface area contributed by atoms with Crippen molar-refractivity contribution >= 4 is 22.5 Å². The molecular formula is C22H30N4O4. The van der Waals surface area contributed by atoms with Crippen LogP contribution in [-0.2, 0) is 14.2 Å². The highest BCUT2D eigenvalue weighted by molar-refractivity contribution is 5.96. The van der Waals surface area contributed by atoms with Gasteiger partial charge in [0, 0.05) is 44.5 Å². The molecule has 162 valence electrons. The fraction of sp³-hybridized carbons (Fsp3) is 0.591. The highest BCUT2D eigenvalue weighted by atomic mass is 16.5. The lowest BCUT2D eigenvalue weighted by atomic mass is 9.97. The van der Waals surface area contributed by atoms with Crippen LogP contribution in [0.4, 0.5) is 5.69 Å². The van der Waals surface area contributed by atoms with Crippen LogP contribution < -0.4 is 10.6 Å². The van der Waals surface area contributed by atoms with Crippen LogP contribution in [0.15, 0.2) is 24.5 Å². The third kappa shape index (κ3) is 5.24. The van der Waals surface area contributed by atoms with Crippen LogP contribution in [-0.4, -0.2) is 68.1 Å². The molecule has 0 bridgehead atoms. The van der Waals surface area contributed by atoms with Crippen LogP contribution in [0.1, 0.15) is 36.2 Å². The molecule has 0 atom stereocenters. The molecule has 1 amide bonds. The van der Waals surface area contributed by atoms with E-state index in [2.05, 4.69) is 14.9 Å². The Labute approximate surface area is 176 Å². The molecule has 0 aromatic carbocycles. The molecule has 2 aromatic heterocycles. The number of aromatic nitrogens is 2. The summed E-state index contributed by atoms with van der Waals surface area (Å²) < 4.78 is 17.1. The van der Waals surface area contributed by atoms with Crippen molar-refractivity contribution in [3.05, 3.63) is 30.2 Å². The summed E-state index contributed by atoms with van der Waals surface area (Å²) in [6, 6.07) is 3.49. The molecule has 2 aliphatic rings. The van der Waals surface area contributed by atoms with E-state index in [0.717, 1.165) is 75.2 Å². The number of pyridine rings is 2. The Morgan fingerprint density at radius 1 is 1.13 bits per heavy atom. The van der Waals surface area contributed by atoms with E-state index in [1.807, 2.05) is 12.3 Å². The smallest absolute Gasteiger partial charge is 0.267 e. The van der Waals surface area contributed by atoms with E-state index in [0.29, 0.717) is 25.2 Å². The second-order valence-corrected chi connectivity index (χ2v) is 7.98. The monoisotopic (exact) mass is 414 g/mol. The molecule has 0 aliphatic carbocycles. The van der Waals surface area contributed by atoms with Crippen molar-refractivity contribution in [2.24, 2.45) is 11.7 Å². The van der Waals surface area contributed by atoms with Gasteiger partial charge in [0.2, 0.25) is 0 Å². The molecule has 30 heavy (non-hydrogen) atoms. The van der Waals surface area contributed by atoms with Gasteiger partial charge in [-0.3, -0.25) is 9.78 Å². The van der Waals surface area contributed by atoms with Crippen LogP contribution in [0.25, 0.3) is 10.9 Å². The first-order chi connectivity index (χ1) is 14.7. The van der Waals surface area contributed by atoms with Crippen LogP contribution in [0.5, 0.6) is 0 Å². The number of carbonyl (C=O) groups is 1. The summed E-state index contributed by atoms with van der Waals surface area (Å²) in [4.78, 5) is 22.6. The molecule has 2 aromatic rings. The summed E-state index contributed by atoms with van der Waals surface area (Å²) in [6.07, 6.45) is 7.97. The van der Waals surface area contributed by atoms with Crippen molar-refractivity contribution in [3.63, 3.8) is 0 Å². The van der Waals surface area contributed by atoms with Crippen molar-refractivity contribution in [2.45, 2.75) is 31.8 Å². The molecule has 2 fully saturated rings. The van der Waals surface area contributed by atoms with Crippen LogP contribution >= 0.6 is 0 Å². The van der Waals surface area contributed by atoms with Gasteiger partial charge in [-0.2, -0.15) is 0 Å². The Hall–Kier alpha value is -2.29. The fourth-order valence-corrected chi connectivity index (χ4v) is 4.10. The Morgan fingerprint density at radius 2 is 1.93 bits per heavy atom. The van der Waals surface area contributed by atoms with Crippen molar-refractivity contribution < 1.29 is 19.0 Å². The number of fused-ring (bicyclic) bond motifs is 1. The Kier molecular flexibility index (Phi) is 7.09. The highest BCUT2D eigenvalue weighted by Crippen LogP contribution is 2.28. The SMILES string of the molecule is NC(=O)c1ccc2cncc(N3CCC(COCCOC4CCOCC4)CC3)c2n1. The molecule has 2 aliphatic heterocycles. The van der Waals surface area contributed by atoms with Crippen molar-refractivity contribution in [1.82, 2.24) is 9.97 Å². The molecular weight excluding hydrogens is 384 g/mol. The Balaban J connectivity index is 1.24. The predicted octanol–water partition coefficient (Wildman–Crippen LogP) is 2.16. The van der Waals surface area contributed by atoms with E-state index in [-0.39, 0.29) is 5.69 Å². The van der Waals surface area contributed by atoms with Gasteiger partial charge in [0.25, 0.3) is 5.91 Å². The molecule has 2 N–H and O–H groups in total. The summed E-state index contributed by atoms with van der Waals surface area (Å²) in [5.41, 5.74) is 7.42. The normalized spacial score (nSPS) is 18.7. The number of primary amides is 1. The number of hydrogen-bond acceptors (Lipinski definition) is 7. The third-order valence-electron chi connectivity index (χ3n) is 5.89. The maximum Gasteiger partial charge on any atom is 0.267 e. The Morgan fingerprint density at radius 3 is 2.70 bits per heavy atom. The molecule has 0 spiro atoms. The lowest BCUT2D eigenvalue weighted by Crippen LogP contribution is -2.35. The number of rotatable bonds is 8. The molecule has 4 rings (SSSR count). The van der Waals surface area contributed by atoms with E-state index >= 15 is 0 Å². The zero-order chi connectivity index (χ0) is 20.8. The van der Waals surface area contributed by atoms with Crippen molar-refractivity contribution in [3.8, 4) is 0 Å². The minimum Gasteiger partial charge on any atom is -0.381 e. The molecule has 4 heterocycles. The lowest BCUT2D eigenvalue weighted by Gasteiger charge is -2.33. The number of ether oxygens (including phenoxy) is 3. The first-order valence-electron chi connectivity index (χ1n) is 10.8. The second kappa shape index (κ2) is 10.1. The van der Waals surface area contributed by atoms with Crippen LogP contribution in [0.3, 0.4) is 0 Å². The number of piperidine rings is 1. The molecule has 2 saturated heterocycles. The number of anilines is 1. The van der Waals surface area contributed by atoms with Gasteiger partial charge in [-0.25, -0.2) is 4.98 Å². The molecule has 8 heteroatoms. The van der Waals surface area contributed by atoms with E-state index < -0.39 is 5.91 Å². The summed E-state index contributed by atoms with van der Waals surface area (Å²) in [5.74, 6) is 0.0257. The van der Waals surface area contributed by atoms with E-state index in [4.69, 9.17) is 19.9 Å². The first kappa shape index (κ1) is 21.0.